The van der Waals surface area contributed by atoms with Gasteiger partial charge in [0.05, 0.1) is 198 Å². The van der Waals surface area contributed by atoms with Crippen LogP contribution in [0.3, 0.4) is 0 Å². The highest BCUT2D eigenvalue weighted by molar-refractivity contribution is 5.78. The van der Waals surface area contributed by atoms with E-state index in [1.807, 2.05) is 0 Å². The van der Waals surface area contributed by atoms with Gasteiger partial charge in [0.2, 0.25) is 41.4 Å². The van der Waals surface area contributed by atoms with Crippen LogP contribution in [0.1, 0.15) is 65.7 Å². The highest BCUT2D eigenvalue weighted by atomic mass is 16.7. The van der Waals surface area contributed by atoms with Crippen LogP contribution in [-0.4, -0.2) is 409 Å². The van der Waals surface area contributed by atoms with Crippen LogP contribution in [-0.2, 0) is 119 Å². The Morgan fingerprint density at radius 3 is 0.853 bits per heavy atom. The minimum atomic E-state index is -1.44. The lowest BCUT2D eigenvalue weighted by molar-refractivity contribution is -0.272. The van der Waals surface area contributed by atoms with Crippen molar-refractivity contribution in [3.05, 3.63) is 0 Å². The topological polar surface area (TPSA) is 578 Å². The van der Waals surface area contributed by atoms with E-state index in [0.717, 1.165) is 0 Å². The molecule has 3 saturated heterocycles. The molecular weight excluding hydrogens is 1460 g/mol. The van der Waals surface area contributed by atoms with Crippen molar-refractivity contribution in [1.29, 1.82) is 0 Å². The SMILES string of the molecule is CC(=O)NC1C(OCCOCCOCCOCCNC(=O)CCOCC(COCCC(=O)NCCOCCOCCOCCOC2OC(CO)C(O)C(O)C2NC(C)=O)(COCCC(=O)NCCOCCOCCOCCOC2OC(CO)C(O)C(O)C2NC(C)=O)NC(=O)CCCCCN)OC(CO)C(O)C1O. The van der Waals surface area contributed by atoms with Gasteiger partial charge in [-0.2, -0.15) is 0 Å². The van der Waals surface area contributed by atoms with Gasteiger partial charge in [0.1, 0.15) is 78.6 Å². The Bertz CT molecular complexity index is 2200. The Kier molecular flexibility index (Phi) is 54.8. The molecule has 109 heavy (non-hydrogen) atoms. The monoisotopic (exact) mass is 1580 g/mol. The van der Waals surface area contributed by atoms with Crippen LogP contribution < -0.4 is 43.0 Å². The molecule has 0 radical (unpaired) electrons. The van der Waals surface area contributed by atoms with Crippen molar-refractivity contribution < 1.29 is 165 Å². The third-order valence-corrected chi connectivity index (χ3v) is 16.3. The van der Waals surface area contributed by atoms with E-state index in [2.05, 4.69) is 37.2 Å². The average Bonchev–Trinajstić information content (AvgIpc) is 0.824. The lowest BCUT2D eigenvalue weighted by Crippen LogP contribution is -2.64. The summed E-state index contributed by atoms with van der Waals surface area (Å²) in [4.78, 5) is 87.2. The van der Waals surface area contributed by atoms with Gasteiger partial charge in [0.25, 0.3) is 0 Å². The van der Waals surface area contributed by atoms with Crippen molar-refractivity contribution in [2.45, 2.75) is 163 Å². The number of aliphatic hydroxyl groups is 9. The van der Waals surface area contributed by atoms with Crippen LogP contribution in [0.5, 0.6) is 0 Å². The Morgan fingerprint density at radius 1 is 0.330 bits per heavy atom. The molecule has 3 rings (SSSR count). The van der Waals surface area contributed by atoms with Gasteiger partial charge in [-0.15, -0.1) is 0 Å². The third-order valence-electron chi connectivity index (χ3n) is 16.3. The lowest BCUT2D eigenvalue weighted by atomic mass is 9.97. The number of hydrogen-bond donors (Lipinski definition) is 17. The van der Waals surface area contributed by atoms with Gasteiger partial charge in [0.15, 0.2) is 18.9 Å². The van der Waals surface area contributed by atoms with Crippen LogP contribution in [0.2, 0.25) is 0 Å². The molecule has 15 unspecified atom stereocenters. The van der Waals surface area contributed by atoms with Crippen molar-refractivity contribution in [2.75, 3.05) is 224 Å². The highest BCUT2D eigenvalue weighted by Crippen LogP contribution is 2.25. The summed E-state index contributed by atoms with van der Waals surface area (Å²) in [6.45, 7) is 5.58. The first kappa shape index (κ1) is 98.4. The molecule has 0 bridgehead atoms. The van der Waals surface area contributed by atoms with Crippen molar-refractivity contribution in [3.8, 4) is 0 Å². The summed E-state index contributed by atoms with van der Waals surface area (Å²) in [6.07, 6.45) is -13.5. The molecule has 42 heteroatoms. The standard InChI is InChI=1S/C67H124N8O34/c1-45(79)72-55-61(89)58(86)48(39-76)107-64(55)104-36-33-98-30-27-95-24-21-92-18-12-69-51(82)8-15-101-42-67(75-54(85)7-5-4-6-11-68,43-102-16-9-52(83)70-13-19-93-22-25-96-28-31-99-34-37-105-65-56(73-46(2)80)62(90)59(87)49(40-77)108-65)44-103-17-10-53(84)71-14-20-94-23-26-97-29-32-100-35-38-106-66-57(74-47(3)81)63(91)60(88)50(41-78)109-66/h48-50,55-66,76-78,86-91H,4-44,68H2,1-3H3,(H,69,82)(H,70,83)(H,71,84)(H,72,79)(H,73,80)(H,74,81)(H,75,85). The molecule has 3 aliphatic heterocycles. The molecule has 636 valence electrons. The fourth-order valence-corrected chi connectivity index (χ4v) is 10.7. The molecule has 3 fully saturated rings. The number of hydrogen-bond acceptors (Lipinski definition) is 35. The van der Waals surface area contributed by atoms with E-state index in [1.165, 1.54) is 20.8 Å². The summed E-state index contributed by atoms with van der Waals surface area (Å²) in [5.41, 5.74) is 4.34. The molecule has 42 nitrogen and oxygen atoms in total. The fraction of sp³-hybridized carbons (Fsp3) is 0.896. The van der Waals surface area contributed by atoms with Crippen LogP contribution in [0.25, 0.3) is 0 Å². The molecule has 7 amide bonds. The number of rotatable bonds is 66. The first-order chi connectivity index (χ1) is 52.6. The largest absolute Gasteiger partial charge is 0.394 e. The van der Waals surface area contributed by atoms with Gasteiger partial charge in [-0.05, 0) is 19.4 Å². The van der Waals surface area contributed by atoms with Crippen LogP contribution in [0.15, 0.2) is 0 Å². The number of carbonyl (C=O) groups is 7. The average molecular weight is 1590 g/mol. The molecule has 15 atom stereocenters. The maximum atomic E-state index is 13.6. The molecule has 0 aliphatic carbocycles. The second-order valence-electron chi connectivity index (χ2n) is 25.3. The maximum Gasteiger partial charge on any atom is 0.222 e. The normalized spacial score (nSPS) is 24.7. The van der Waals surface area contributed by atoms with Gasteiger partial charge in [-0.3, -0.25) is 33.6 Å². The first-order valence-corrected chi connectivity index (χ1v) is 36.9. The van der Waals surface area contributed by atoms with E-state index in [4.69, 9.17) is 91.0 Å². The number of unbranched alkanes of at least 4 members (excludes halogenated alkanes) is 2. The van der Waals surface area contributed by atoms with Crippen molar-refractivity contribution in [1.82, 2.24) is 37.2 Å². The minimum Gasteiger partial charge on any atom is -0.394 e. The first-order valence-electron chi connectivity index (χ1n) is 36.9. The number of ether oxygens (including phenoxy) is 18. The summed E-state index contributed by atoms with van der Waals surface area (Å²) in [7, 11) is 0. The maximum absolute atomic E-state index is 13.6. The van der Waals surface area contributed by atoms with Gasteiger partial charge >= 0.3 is 0 Å². The number of nitrogens with one attached hydrogen (secondary N) is 7. The summed E-state index contributed by atoms with van der Waals surface area (Å²) in [6, 6.07) is -3.22. The van der Waals surface area contributed by atoms with E-state index in [0.29, 0.717) is 25.8 Å². The predicted molar refractivity (Wildman–Crippen MR) is 375 cm³/mol. The number of aliphatic hydroxyl groups excluding tert-OH is 9. The molecule has 0 saturated carbocycles. The van der Waals surface area contributed by atoms with E-state index in [9.17, 15) is 79.5 Å². The van der Waals surface area contributed by atoms with Crippen LogP contribution in [0.4, 0.5) is 0 Å². The minimum absolute atomic E-state index is 0.00475. The Morgan fingerprint density at radius 2 is 0.596 bits per heavy atom. The van der Waals surface area contributed by atoms with Gasteiger partial charge in [-0.1, -0.05) is 6.42 Å². The third kappa shape index (κ3) is 43.3. The number of nitrogens with two attached hydrogens (primary N) is 1. The molecular formula is C67H124N8O34. The summed E-state index contributed by atoms with van der Waals surface area (Å²) >= 11 is 0. The van der Waals surface area contributed by atoms with Crippen molar-refractivity contribution in [3.63, 3.8) is 0 Å². The fourth-order valence-electron chi connectivity index (χ4n) is 10.7. The molecule has 0 spiro atoms. The van der Waals surface area contributed by atoms with Gasteiger partial charge in [0, 0.05) is 66.1 Å². The Balaban J connectivity index is 1.40. The summed E-state index contributed by atoms with van der Waals surface area (Å²) in [5, 5.41) is 109. The van der Waals surface area contributed by atoms with Crippen LogP contribution in [0, 0.1) is 0 Å². The molecule has 0 aromatic rings. The second kappa shape index (κ2) is 60.7. The number of carbonyl (C=O) groups excluding carboxylic acids is 7. The molecule has 3 aliphatic rings. The van der Waals surface area contributed by atoms with Gasteiger partial charge < -0.3 is 174 Å². The molecule has 0 aromatic heterocycles. The zero-order chi connectivity index (χ0) is 79.9. The number of amides is 7. The molecule has 3 heterocycles. The zero-order valence-corrected chi connectivity index (χ0v) is 63.0. The van der Waals surface area contributed by atoms with Crippen molar-refractivity contribution >= 4 is 41.4 Å². The van der Waals surface area contributed by atoms with E-state index in [-0.39, 0.29) is 247 Å². The molecule has 18 N–H and O–H groups in total. The molecule has 0 aromatic carbocycles. The summed E-state index contributed by atoms with van der Waals surface area (Å²) < 4.78 is 101. The van der Waals surface area contributed by atoms with Gasteiger partial charge in [-0.25, -0.2) is 0 Å². The van der Waals surface area contributed by atoms with E-state index < -0.39 is 135 Å². The smallest absolute Gasteiger partial charge is 0.222 e. The summed E-state index contributed by atoms with van der Waals surface area (Å²) in [5.74, 6) is -2.82. The Labute approximate surface area is 634 Å². The zero-order valence-electron chi connectivity index (χ0n) is 63.0. The lowest BCUT2D eigenvalue weighted by Gasteiger charge is -2.42. The quantitative estimate of drug-likeness (QED) is 0.0252. The second-order valence-corrected chi connectivity index (χ2v) is 25.3. The highest BCUT2D eigenvalue weighted by Gasteiger charge is 2.48. The Hall–Kier alpha value is -4.83. The van der Waals surface area contributed by atoms with E-state index in [1.54, 1.807) is 0 Å². The predicted octanol–water partition coefficient (Wildman–Crippen LogP) is -9.04. The van der Waals surface area contributed by atoms with E-state index >= 15 is 0 Å². The van der Waals surface area contributed by atoms with Crippen molar-refractivity contribution in [2.24, 2.45) is 5.73 Å². The van der Waals surface area contributed by atoms with Crippen LogP contribution >= 0.6 is 0 Å².